The minimum absolute atomic E-state index is 0.0159. The summed E-state index contributed by atoms with van der Waals surface area (Å²) >= 11 is 0. The summed E-state index contributed by atoms with van der Waals surface area (Å²) in [7, 11) is -0.803. The van der Waals surface area contributed by atoms with E-state index in [-0.39, 0.29) is 13.0 Å². The molecule has 3 rings (SSSR count). The number of hydrogen-bond acceptors (Lipinski definition) is 7. The van der Waals surface area contributed by atoms with Gasteiger partial charge in [0.05, 0.1) is 12.0 Å². The molecular formula is C33H39N2O7P. The van der Waals surface area contributed by atoms with E-state index in [4.69, 9.17) is 9.47 Å². The Labute approximate surface area is 254 Å². The molecular weight excluding hydrogens is 567 g/mol. The van der Waals surface area contributed by atoms with Crippen molar-refractivity contribution in [3.63, 3.8) is 0 Å². The van der Waals surface area contributed by atoms with E-state index in [0.717, 1.165) is 16.7 Å². The third kappa shape index (κ3) is 9.73. The monoisotopic (exact) mass is 606 g/mol. The SMILES string of the molecule is CC(NC(=O)C(Cc1ccc(-c2ccccc2)cc1)C(O)(P=O)C(C)NC(=O)OCc1ccccc1)C(=O)OC(C)(C)C. The average molecular weight is 607 g/mol. The Morgan fingerprint density at radius 3 is 1.93 bits per heavy atom. The van der Waals surface area contributed by atoms with E-state index in [2.05, 4.69) is 10.6 Å². The summed E-state index contributed by atoms with van der Waals surface area (Å²) in [6.07, 6.45) is -0.898. The van der Waals surface area contributed by atoms with E-state index in [1.54, 1.807) is 32.9 Å². The van der Waals surface area contributed by atoms with Crippen LogP contribution in [0.15, 0.2) is 84.9 Å². The number of alkyl carbamates (subject to hydrolysis) is 1. The molecule has 2 amide bonds. The highest BCUT2D eigenvalue weighted by atomic mass is 31.1. The molecule has 0 fully saturated rings. The van der Waals surface area contributed by atoms with Crippen molar-refractivity contribution >= 4 is 26.4 Å². The molecule has 0 heterocycles. The Hall–Kier alpha value is -4.07. The number of ether oxygens (including phenoxy) is 2. The second-order valence-electron chi connectivity index (χ2n) is 11.4. The number of rotatable bonds is 12. The van der Waals surface area contributed by atoms with Crippen LogP contribution in [0.1, 0.15) is 45.7 Å². The molecule has 10 heteroatoms. The number of hydrogen-bond donors (Lipinski definition) is 3. The van der Waals surface area contributed by atoms with Gasteiger partial charge in [-0.1, -0.05) is 84.9 Å². The van der Waals surface area contributed by atoms with Crippen molar-refractivity contribution in [1.29, 1.82) is 0 Å². The number of aliphatic hydroxyl groups is 1. The van der Waals surface area contributed by atoms with Crippen molar-refractivity contribution in [3.8, 4) is 11.1 Å². The largest absolute Gasteiger partial charge is 0.458 e. The third-order valence-corrected chi connectivity index (χ3v) is 7.77. The molecule has 43 heavy (non-hydrogen) atoms. The zero-order valence-corrected chi connectivity index (χ0v) is 26.0. The number of amides is 2. The highest BCUT2D eigenvalue weighted by Crippen LogP contribution is 2.36. The van der Waals surface area contributed by atoms with Crippen molar-refractivity contribution in [1.82, 2.24) is 10.6 Å². The lowest BCUT2D eigenvalue weighted by Gasteiger charge is -2.35. The molecule has 0 aliphatic rings. The molecule has 0 saturated carbocycles. The zero-order valence-electron chi connectivity index (χ0n) is 25.1. The van der Waals surface area contributed by atoms with Gasteiger partial charge in [0.25, 0.3) is 0 Å². The van der Waals surface area contributed by atoms with E-state index < -0.39 is 55.4 Å². The normalized spacial score (nSPS) is 14.9. The van der Waals surface area contributed by atoms with Gasteiger partial charge in [-0.15, -0.1) is 0 Å². The van der Waals surface area contributed by atoms with Crippen molar-refractivity contribution in [2.24, 2.45) is 5.92 Å². The second-order valence-corrected chi connectivity index (χ2v) is 12.3. The van der Waals surface area contributed by atoms with Gasteiger partial charge in [0, 0.05) is 0 Å². The van der Waals surface area contributed by atoms with E-state index >= 15 is 0 Å². The van der Waals surface area contributed by atoms with Crippen molar-refractivity contribution < 1.29 is 33.5 Å². The van der Waals surface area contributed by atoms with E-state index in [0.29, 0.717) is 5.56 Å². The first kappa shape index (κ1) is 33.4. The number of carbonyl (C=O) groups excluding carboxylic acids is 3. The third-order valence-electron chi connectivity index (χ3n) is 6.78. The Morgan fingerprint density at radius 1 is 0.814 bits per heavy atom. The molecule has 228 valence electrons. The van der Waals surface area contributed by atoms with Crippen molar-refractivity contribution in [3.05, 3.63) is 96.1 Å². The molecule has 0 radical (unpaired) electrons. The van der Waals surface area contributed by atoms with Crippen LogP contribution in [0.2, 0.25) is 0 Å². The van der Waals surface area contributed by atoms with Crippen LogP contribution < -0.4 is 10.6 Å². The van der Waals surface area contributed by atoms with Gasteiger partial charge in [-0.2, -0.15) is 0 Å². The second kappa shape index (κ2) is 14.9. The number of esters is 1. The molecule has 0 aromatic heterocycles. The molecule has 0 spiro atoms. The molecule has 3 aromatic rings. The van der Waals surface area contributed by atoms with Gasteiger partial charge >= 0.3 is 12.1 Å². The molecule has 3 aromatic carbocycles. The fourth-order valence-corrected chi connectivity index (χ4v) is 4.95. The van der Waals surface area contributed by atoms with Crippen molar-refractivity contribution in [2.45, 2.75) is 70.7 Å². The van der Waals surface area contributed by atoms with Gasteiger partial charge in [-0.05, 0) is 63.3 Å². The summed E-state index contributed by atoms with van der Waals surface area (Å²) in [6.45, 7) is 8.01. The number of nitrogens with one attached hydrogen (secondary N) is 2. The maximum Gasteiger partial charge on any atom is 0.407 e. The quantitative estimate of drug-likeness (QED) is 0.179. The van der Waals surface area contributed by atoms with Crippen LogP contribution in [-0.4, -0.2) is 46.1 Å². The van der Waals surface area contributed by atoms with E-state index in [1.165, 1.54) is 13.8 Å². The Bertz CT molecular complexity index is 1380. The highest BCUT2D eigenvalue weighted by molar-refractivity contribution is 7.25. The molecule has 0 aliphatic carbocycles. The summed E-state index contributed by atoms with van der Waals surface area (Å²) < 4.78 is 23.2. The minimum atomic E-state index is -2.26. The molecule has 3 N–H and O–H groups in total. The topological polar surface area (TPSA) is 131 Å². The first-order valence-corrected chi connectivity index (χ1v) is 14.9. The van der Waals surface area contributed by atoms with Gasteiger partial charge in [-0.25, -0.2) is 9.59 Å². The molecule has 0 bridgehead atoms. The Balaban J connectivity index is 1.83. The summed E-state index contributed by atoms with van der Waals surface area (Å²) in [6, 6.07) is 23.9. The van der Waals surface area contributed by atoms with E-state index in [9.17, 15) is 24.1 Å². The van der Waals surface area contributed by atoms with Gasteiger partial charge < -0.3 is 25.2 Å². The maximum absolute atomic E-state index is 13.7. The number of benzene rings is 3. The fourth-order valence-electron chi connectivity index (χ4n) is 4.39. The first-order valence-electron chi connectivity index (χ1n) is 14.0. The van der Waals surface area contributed by atoms with Crippen LogP contribution in [0.25, 0.3) is 11.1 Å². The van der Waals surface area contributed by atoms with Gasteiger partial charge in [-0.3, -0.25) is 9.36 Å². The molecule has 4 unspecified atom stereocenters. The maximum atomic E-state index is 13.7. The fraction of sp³-hybridized carbons (Fsp3) is 0.364. The minimum Gasteiger partial charge on any atom is -0.458 e. The zero-order chi connectivity index (χ0) is 31.6. The van der Waals surface area contributed by atoms with Crippen LogP contribution in [-0.2, 0) is 36.7 Å². The summed E-state index contributed by atoms with van der Waals surface area (Å²) in [5.41, 5.74) is 2.62. The van der Waals surface area contributed by atoms with Gasteiger partial charge in [0.15, 0.2) is 13.8 Å². The van der Waals surface area contributed by atoms with Gasteiger partial charge in [0.1, 0.15) is 18.2 Å². The predicted octanol–water partition coefficient (Wildman–Crippen LogP) is 5.65. The molecule has 0 saturated heterocycles. The van der Waals surface area contributed by atoms with Gasteiger partial charge in [0.2, 0.25) is 5.91 Å². The molecule has 4 atom stereocenters. The lowest BCUT2D eigenvalue weighted by molar-refractivity contribution is -0.158. The van der Waals surface area contributed by atoms with Crippen LogP contribution in [0.5, 0.6) is 0 Å². The summed E-state index contributed by atoms with van der Waals surface area (Å²) in [4.78, 5) is 38.9. The van der Waals surface area contributed by atoms with Crippen LogP contribution in [0.4, 0.5) is 4.79 Å². The van der Waals surface area contributed by atoms with Crippen molar-refractivity contribution in [2.75, 3.05) is 0 Å². The van der Waals surface area contributed by atoms with Crippen LogP contribution in [0.3, 0.4) is 0 Å². The smallest absolute Gasteiger partial charge is 0.407 e. The summed E-state index contributed by atoms with van der Waals surface area (Å²) in [5, 5.41) is 14.6. The van der Waals surface area contributed by atoms with Crippen LogP contribution in [0, 0.1) is 5.92 Å². The lowest BCUT2D eigenvalue weighted by atomic mass is 9.88. The predicted molar refractivity (Wildman–Crippen MR) is 164 cm³/mol. The molecule has 0 aliphatic heterocycles. The average Bonchev–Trinajstić information content (AvgIpc) is 2.98. The standard InChI is InChI=1S/C33H39N2O7P/c1-22(30(37)42-32(3,4)5)34-29(36)28(20-24-16-18-27(19-17-24)26-14-10-7-11-15-26)33(39,43-40)23(2)35-31(38)41-21-25-12-8-6-9-13-25/h6-19,22-23,28,39H,20-21H2,1-5H3,(H,34,36)(H,35,38). The summed E-state index contributed by atoms with van der Waals surface area (Å²) in [5.74, 6) is -2.74. The highest BCUT2D eigenvalue weighted by Gasteiger charge is 2.48. The molecule has 9 nitrogen and oxygen atoms in total. The lowest BCUT2D eigenvalue weighted by Crippen LogP contribution is -2.57. The Morgan fingerprint density at radius 2 is 1.37 bits per heavy atom. The Kier molecular flexibility index (Phi) is 11.6. The van der Waals surface area contributed by atoms with E-state index in [1.807, 2.05) is 72.8 Å². The van der Waals surface area contributed by atoms with Crippen LogP contribution >= 0.6 is 8.46 Å². The first-order chi connectivity index (χ1) is 20.3. The number of carbonyl (C=O) groups is 3.